The van der Waals surface area contributed by atoms with Crippen LogP contribution in [0.15, 0.2) is 21.7 Å². The van der Waals surface area contributed by atoms with E-state index in [2.05, 4.69) is 5.32 Å². The molecular formula is C26H35FN4O5. The number of nitrogens with one attached hydrogen (secondary N) is 1. The Kier molecular flexibility index (Phi) is 8.11. The fourth-order valence-corrected chi connectivity index (χ4v) is 5.37. The van der Waals surface area contributed by atoms with Gasteiger partial charge in [-0.2, -0.15) is 0 Å². The zero-order chi connectivity index (χ0) is 25.8. The van der Waals surface area contributed by atoms with Crippen LogP contribution in [0.3, 0.4) is 0 Å². The fourth-order valence-electron chi connectivity index (χ4n) is 5.37. The first kappa shape index (κ1) is 25.9. The zero-order valence-corrected chi connectivity index (χ0v) is 21.1. The third-order valence-corrected chi connectivity index (χ3v) is 7.30. The van der Waals surface area contributed by atoms with E-state index in [9.17, 15) is 19.2 Å². The lowest BCUT2D eigenvalue weighted by Gasteiger charge is -2.25. The van der Waals surface area contributed by atoms with Crippen molar-refractivity contribution in [2.75, 3.05) is 25.5 Å². The van der Waals surface area contributed by atoms with Gasteiger partial charge in [-0.3, -0.25) is 23.5 Å². The second-order valence-corrected chi connectivity index (χ2v) is 9.87. The maximum absolute atomic E-state index is 15.2. The molecule has 0 atom stereocenters. The minimum absolute atomic E-state index is 0.0639. The van der Waals surface area contributed by atoms with E-state index in [0.717, 1.165) is 60.8 Å². The number of halogens is 1. The highest BCUT2D eigenvalue weighted by molar-refractivity contribution is 5.84. The van der Waals surface area contributed by atoms with Crippen molar-refractivity contribution < 1.29 is 18.7 Å². The summed E-state index contributed by atoms with van der Waals surface area (Å²) in [5.41, 5.74) is -0.624. The van der Waals surface area contributed by atoms with Crippen LogP contribution >= 0.6 is 0 Å². The number of fused-ring (bicyclic) bond motifs is 1. The molecule has 1 aromatic carbocycles. The molecule has 0 unspecified atom stereocenters. The predicted octanol–water partition coefficient (Wildman–Crippen LogP) is 3.18. The van der Waals surface area contributed by atoms with Gasteiger partial charge in [-0.1, -0.05) is 32.1 Å². The smallest absolute Gasteiger partial charge is 0.332 e. The van der Waals surface area contributed by atoms with Gasteiger partial charge in [0.05, 0.1) is 23.2 Å². The average molecular weight is 503 g/mol. The van der Waals surface area contributed by atoms with Crippen molar-refractivity contribution in [2.45, 2.75) is 83.3 Å². The van der Waals surface area contributed by atoms with Gasteiger partial charge in [-0.25, -0.2) is 9.18 Å². The highest BCUT2D eigenvalue weighted by atomic mass is 19.1. The van der Waals surface area contributed by atoms with Gasteiger partial charge in [-0.05, 0) is 44.7 Å². The molecular weight excluding hydrogens is 467 g/mol. The SMILES string of the molecule is CCOC(=O)CN(C)C(=O)Cn1c(=O)c2cc(F)c(NC3CCCCC3)cc2n(C2CCCC2)c1=O. The van der Waals surface area contributed by atoms with Crippen LogP contribution in [-0.2, 0) is 20.9 Å². The molecule has 1 amide bonds. The Balaban J connectivity index is 1.74. The Labute approximate surface area is 209 Å². The van der Waals surface area contributed by atoms with E-state index in [4.69, 9.17) is 4.74 Å². The van der Waals surface area contributed by atoms with E-state index in [1.165, 1.54) is 19.5 Å². The molecule has 4 rings (SSSR count). The molecule has 10 heteroatoms. The van der Waals surface area contributed by atoms with Crippen molar-refractivity contribution in [1.29, 1.82) is 0 Å². The van der Waals surface area contributed by atoms with E-state index < -0.39 is 35.5 Å². The number of anilines is 1. The van der Waals surface area contributed by atoms with E-state index >= 15 is 4.39 Å². The highest BCUT2D eigenvalue weighted by Crippen LogP contribution is 2.32. The topological polar surface area (TPSA) is 103 Å². The minimum atomic E-state index is -0.717. The molecule has 2 fully saturated rings. The average Bonchev–Trinajstić information content (AvgIpc) is 3.38. The monoisotopic (exact) mass is 502 g/mol. The Hall–Kier alpha value is -3.17. The summed E-state index contributed by atoms with van der Waals surface area (Å²) in [6.45, 7) is 1.01. The van der Waals surface area contributed by atoms with Crippen molar-refractivity contribution in [3.8, 4) is 0 Å². The van der Waals surface area contributed by atoms with Crippen LogP contribution in [0.1, 0.15) is 70.8 Å². The van der Waals surface area contributed by atoms with Gasteiger partial charge in [0.25, 0.3) is 5.56 Å². The largest absolute Gasteiger partial charge is 0.465 e. The van der Waals surface area contributed by atoms with Crippen LogP contribution in [0, 0.1) is 5.82 Å². The number of likely N-dealkylation sites (N-methyl/N-ethyl adjacent to an activating group) is 1. The molecule has 0 aliphatic heterocycles. The number of aromatic nitrogens is 2. The van der Waals surface area contributed by atoms with Crippen LogP contribution in [-0.4, -0.2) is 52.2 Å². The molecule has 9 nitrogen and oxygen atoms in total. The third-order valence-electron chi connectivity index (χ3n) is 7.30. The molecule has 196 valence electrons. The van der Waals surface area contributed by atoms with Crippen LogP contribution < -0.4 is 16.6 Å². The number of benzene rings is 1. The first-order chi connectivity index (χ1) is 17.3. The molecule has 0 radical (unpaired) electrons. The fraction of sp³-hybridized carbons (Fsp3) is 0.615. The molecule has 36 heavy (non-hydrogen) atoms. The lowest BCUT2D eigenvalue weighted by molar-refractivity contribution is -0.148. The summed E-state index contributed by atoms with van der Waals surface area (Å²) in [6.07, 6.45) is 8.70. The van der Waals surface area contributed by atoms with Gasteiger partial charge >= 0.3 is 11.7 Å². The highest BCUT2D eigenvalue weighted by Gasteiger charge is 2.26. The molecule has 2 aromatic rings. The minimum Gasteiger partial charge on any atom is -0.465 e. The van der Waals surface area contributed by atoms with Gasteiger partial charge in [0, 0.05) is 19.1 Å². The van der Waals surface area contributed by atoms with E-state index in [1.54, 1.807) is 17.6 Å². The lowest BCUT2D eigenvalue weighted by Crippen LogP contribution is -2.45. The first-order valence-corrected chi connectivity index (χ1v) is 12.9. The molecule has 0 saturated heterocycles. The Morgan fingerprint density at radius 2 is 1.75 bits per heavy atom. The summed E-state index contributed by atoms with van der Waals surface area (Å²) in [5, 5.41) is 3.35. The van der Waals surface area contributed by atoms with Crippen molar-refractivity contribution in [3.05, 3.63) is 38.8 Å². The van der Waals surface area contributed by atoms with Crippen LogP contribution in [0.2, 0.25) is 0 Å². The number of hydrogen-bond donors (Lipinski definition) is 1. The van der Waals surface area contributed by atoms with Gasteiger partial charge in [-0.15, -0.1) is 0 Å². The van der Waals surface area contributed by atoms with Gasteiger partial charge < -0.3 is 15.0 Å². The quantitative estimate of drug-likeness (QED) is 0.557. The summed E-state index contributed by atoms with van der Waals surface area (Å²) >= 11 is 0. The van der Waals surface area contributed by atoms with Crippen LogP contribution in [0.4, 0.5) is 10.1 Å². The lowest BCUT2D eigenvalue weighted by atomic mass is 9.95. The maximum atomic E-state index is 15.2. The van der Waals surface area contributed by atoms with E-state index in [-0.39, 0.29) is 30.6 Å². The van der Waals surface area contributed by atoms with E-state index in [0.29, 0.717) is 11.2 Å². The summed E-state index contributed by atoms with van der Waals surface area (Å²) in [5.74, 6) is -1.72. The third kappa shape index (κ3) is 5.47. The van der Waals surface area contributed by atoms with Gasteiger partial charge in [0.1, 0.15) is 18.9 Å². The predicted molar refractivity (Wildman–Crippen MR) is 135 cm³/mol. The van der Waals surface area contributed by atoms with Crippen molar-refractivity contribution >= 4 is 28.5 Å². The molecule has 1 aromatic heterocycles. The molecule has 1 heterocycles. The Bertz CT molecular complexity index is 1240. The van der Waals surface area contributed by atoms with Crippen molar-refractivity contribution in [2.24, 2.45) is 0 Å². The maximum Gasteiger partial charge on any atom is 0.332 e. The molecule has 2 aliphatic rings. The van der Waals surface area contributed by atoms with Crippen LogP contribution in [0.25, 0.3) is 10.9 Å². The first-order valence-electron chi connectivity index (χ1n) is 12.9. The van der Waals surface area contributed by atoms with Crippen LogP contribution in [0.5, 0.6) is 0 Å². The van der Waals surface area contributed by atoms with Crippen molar-refractivity contribution in [3.63, 3.8) is 0 Å². The molecule has 2 aliphatic carbocycles. The molecule has 2 saturated carbocycles. The normalized spacial score (nSPS) is 16.9. The number of esters is 1. The number of carbonyl (C=O) groups excluding carboxylic acids is 2. The summed E-state index contributed by atoms with van der Waals surface area (Å²) in [6, 6.07) is 2.79. The summed E-state index contributed by atoms with van der Waals surface area (Å²) in [7, 11) is 1.41. The number of rotatable bonds is 8. The summed E-state index contributed by atoms with van der Waals surface area (Å²) in [4.78, 5) is 52.6. The van der Waals surface area contributed by atoms with Gasteiger partial charge in [0.15, 0.2) is 0 Å². The number of amides is 1. The number of hydrogen-bond acceptors (Lipinski definition) is 6. The summed E-state index contributed by atoms with van der Waals surface area (Å²) < 4.78 is 22.5. The van der Waals surface area contributed by atoms with Crippen molar-refractivity contribution in [1.82, 2.24) is 14.0 Å². The number of ether oxygens (including phenoxy) is 1. The zero-order valence-electron chi connectivity index (χ0n) is 21.1. The standard InChI is InChI=1S/C26H35FN4O5/c1-3-36-24(33)16-29(2)23(32)15-30-25(34)19-13-20(27)21(28-17-9-5-4-6-10-17)14-22(19)31(26(30)35)18-11-7-8-12-18/h13-14,17-18,28H,3-12,15-16H2,1-2H3. The van der Waals surface area contributed by atoms with Gasteiger partial charge in [0.2, 0.25) is 5.91 Å². The molecule has 0 bridgehead atoms. The van der Waals surface area contributed by atoms with E-state index in [1.807, 2.05) is 0 Å². The Morgan fingerprint density at radius 3 is 2.42 bits per heavy atom. The second-order valence-electron chi connectivity index (χ2n) is 9.87. The molecule has 1 N–H and O–H groups in total. The number of nitrogens with zero attached hydrogens (tertiary/aromatic N) is 3. The number of carbonyl (C=O) groups is 2. The Morgan fingerprint density at radius 1 is 1.08 bits per heavy atom. The molecule has 0 spiro atoms. The second kappa shape index (κ2) is 11.3.